The van der Waals surface area contributed by atoms with Crippen LogP contribution in [-0.4, -0.2) is 87.1 Å². The molecule has 16 heteroatoms. The lowest BCUT2D eigenvalue weighted by atomic mass is 10.0. The summed E-state index contributed by atoms with van der Waals surface area (Å²) < 4.78 is 11.4. The molecule has 2 aliphatic heterocycles. The zero-order valence-electron chi connectivity index (χ0n) is 27.0. The third kappa shape index (κ3) is 6.65. The van der Waals surface area contributed by atoms with Crippen LogP contribution in [0.25, 0.3) is 28.4 Å². The van der Waals surface area contributed by atoms with Crippen LogP contribution in [-0.2, 0) is 18.9 Å². The quantitative estimate of drug-likeness (QED) is 0.108. The molecule has 2 fully saturated rings. The van der Waals surface area contributed by atoms with E-state index in [1.807, 2.05) is 62.0 Å². The molecule has 2 aliphatic rings. The van der Waals surface area contributed by atoms with Gasteiger partial charge >= 0.3 is 6.03 Å². The van der Waals surface area contributed by atoms with Crippen LogP contribution in [0, 0.1) is 6.92 Å². The molecule has 7 heterocycles. The van der Waals surface area contributed by atoms with Crippen molar-refractivity contribution in [2.24, 2.45) is 14.1 Å². The summed E-state index contributed by atoms with van der Waals surface area (Å²) in [5.74, 6) is 3.75. The molecule has 250 valence electrons. The number of hydrogen-bond acceptors (Lipinski definition) is 10. The lowest BCUT2D eigenvalue weighted by Gasteiger charge is -2.16. The van der Waals surface area contributed by atoms with Crippen molar-refractivity contribution in [3.63, 3.8) is 0 Å². The highest BCUT2D eigenvalue weighted by molar-refractivity contribution is 8.00. The molecule has 5 aromatic heterocycles. The van der Waals surface area contributed by atoms with Gasteiger partial charge in [0.05, 0.1) is 24.3 Å². The van der Waals surface area contributed by atoms with E-state index in [2.05, 4.69) is 36.3 Å². The zero-order valence-corrected chi connectivity index (χ0v) is 27.8. The SMILES string of the molecule is Cc1c(-c2ccn(C)n2)cn2nc(-c3nccn3C)nc(Nc3cc(OCCNC(=O)CCCC[C@H]4SC[C@H]5NC(=O)N[C@H]54)ccn3)c12. The van der Waals surface area contributed by atoms with E-state index in [4.69, 9.17) is 14.8 Å². The van der Waals surface area contributed by atoms with Gasteiger partial charge in [0.2, 0.25) is 11.7 Å². The topological polar surface area (TPSA) is 170 Å². The molecule has 2 saturated heterocycles. The zero-order chi connectivity index (χ0) is 33.2. The molecule has 4 N–H and O–H groups in total. The molecule has 0 bridgehead atoms. The highest BCUT2D eigenvalue weighted by atomic mass is 32.2. The Morgan fingerprint density at radius 2 is 2.02 bits per heavy atom. The minimum atomic E-state index is -0.0684. The van der Waals surface area contributed by atoms with E-state index in [0.29, 0.717) is 53.9 Å². The van der Waals surface area contributed by atoms with E-state index >= 15 is 0 Å². The molecule has 5 aromatic rings. The van der Waals surface area contributed by atoms with Crippen LogP contribution in [0.2, 0.25) is 0 Å². The van der Waals surface area contributed by atoms with Crippen LogP contribution < -0.4 is 26.0 Å². The first-order valence-corrected chi connectivity index (χ1v) is 17.1. The molecule has 0 radical (unpaired) electrons. The van der Waals surface area contributed by atoms with Crippen molar-refractivity contribution in [1.82, 2.24) is 54.9 Å². The van der Waals surface area contributed by atoms with Crippen molar-refractivity contribution >= 4 is 40.9 Å². The Morgan fingerprint density at radius 1 is 1.12 bits per heavy atom. The van der Waals surface area contributed by atoms with Crippen molar-refractivity contribution in [3.8, 4) is 28.7 Å². The van der Waals surface area contributed by atoms with Gasteiger partial charge in [0.1, 0.15) is 23.7 Å². The van der Waals surface area contributed by atoms with Gasteiger partial charge in [-0.25, -0.2) is 24.3 Å². The van der Waals surface area contributed by atoms with Gasteiger partial charge in [-0.2, -0.15) is 16.9 Å². The normalized spacial score (nSPS) is 18.5. The first kappa shape index (κ1) is 31.5. The number of nitrogens with one attached hydrogen (secondary N) is 4. The number of thioether (sulfide) groups is 1. The first-order valence-electron chi connectivity index (χ1n) is 16.0. The number of anilines is 2. The van der Waals surface area contributed by atoms with Gasteiger partial charge < -0.3 is 30.6 Å². The van der Waals surface area contributed by atoms with Crippen LogP contribution in [0.1, 0.15) is 31.2 Å². The third-order valence-corrected chi connectivity index (χ3v) is 10.2. The average molecular weight is 671 g/mol. The van der Waals surface area contributed by atoms with Crippen LogP contribution >= 0.6 is 11.8 Å². The van der Waals surface area contributed by atoms with E-state index in [1.165, 1.54) is 0 Å². The second-order valence-electron chi connectivity index (χ2n) is 12.0. The van der Waals surface area contributed by atoms with Crippen molar-refractivity contribution in [3.05, 3.63) is 54.7 Å². The van der Waals surface area contributed by atoms with E-state index < -0.39 is 0 Å². The number of aryl methyl sites for hydroxylation is 3. The van der Waals surface area contributed by atoms with Crippen molar-refractivity contribution < 1.29 is 14.3 Å². The standard InChI is InChI=1S/C32H38N12O3S/c1-19-21(22-9-13-43(3)40-22)17-44-28(19)29(39-30(41-44)31-35-11-14-42(31)2)37-25-16-20(8-10-33-25)47-15-12-34-26(45)7-5-4-6-24-27-23(18-48-24)36-32(46)38-27/h8-11,13-14,16-17,23-24,27H,4-7,12,15,18H2,1-3H3,(H,34,45)(H2,36,38,46)(H,33,37,39,41)/t23-,24-,27-/m1/s1. The van der Waals surface area contributed by atoms with E-state index in [-0.39, 0.29) is 24.0 Å². The number of hydrogen-bond donors (Lipinski definition) is 4. The molecule has 7 rings (SSSR count). The maximum absolute atomic E-state index is 12.4. The first-order chi connectivity index (χ1) is 23.3. The number of aromatic nitrogens is 8. The molecule has 0 spiro atoms. The maximum atomic E-state index is 12.4. The number of urea groups is 1. The van der Waals surface area contributed by atoms with E-state index in [9.17, 15) is 9.59 Å². The van der Waals surface area contributed by atoms with Crippen LogP contribution in [0.15, 0.2) is 49.2 Å². The highest BCUT2D eigenvalue weighted by Crippen LogP contribution is 2.34. The number of carbonyl (C=O) groups excluding carboxylic acids is 2. The molecule has 15 nitrogen and oxygen atoms in total. The van der Waals surface area contributed by atoms with Gasteiger partial charge in [-0.1, -0.05) is 6.42 Å². The number of unbranched alkanes of at least 4 members (excludes halogenated alkanes) is 1. The number of nitrogens with zero attached hydrogens (tertiary/aromatic N) is 8. The maximum Gasteiger partial charge on any atom is 0.315 e. The number of pyridine rings is 1. The number of ether oxygens (including phenoxy) is 1. The molecule has 0 aromatic carbocycles. The monoisotopic (exact) mass is 670 g/mol. The summed E-state index contributed by atoms with van der Waals surface area (Å²) in [5, 5.41) is 22.1. The summed E-state index contributed by atoms with van der Waals surface area (Å²) in [5.41, 5.74) is 3.54. The Kier molecular flexibility index (Phi) is 8.88. The molecule has 0 unspecified atom stereocenters. The lowest BCUT2D eigenvalue weighted by molar-refractivity contribution is -0.121. The average Bonchev–Trinajstić information content (AvgIpc) is 3.89. The van der Waals surface area contributed by atoms with Gasteiger partial charge in [0, 0.05) is 74.1 Å². The fourth-order valence-electron chi connectivity index (χ4n) is 6.22. The predicted molar refractivity (Wildman–Crippen MR) is 182 cm³/mol. The second-order valence-corrected chi connectivity index (χ2v) is 13.3. The fourth-order valence-corrected chi connectivity index (χ4v) is 7.77. The lowest BCUT2D eigenvalue weighted by Crippen LogP contribution is -2.36. The highest BCUT2D eigenvalue weighted by Gasteiger charge is 2.42. The summed E-state index contributed by atoms with van der Waals surface area (Å²) in [6, 6.07) is 5.90. The smallest absolute Gasteiger partial charge is 0.315 e. The minimum Gasteiger partial charge on any atom is -0.492 e. The van der Waals surface area contributed by atoms with Crippen LogP contribution in [0.5, 0.6) is 5.75 Å². The molecule has 0 saturated carbocycles. The number of fused-ring (bicyclic) bond motifs is 2. The van der Waals surface area contributed by atoms with Crippen molar-refractivity contribution in [2.75, 3.05) is 24.2 Å². The van der Waals surface area contributed by atoms with Gasteiger partial charge in [-0.15, -0.1) is 5.10 Å². The Balaban J connectivity index is 0.956. The number of rotatable bonds is 13. The van der Waals surface area contributed by atoms with Gasteiger partial charge in [-0.3, -0.25) is 9.48 Å². The number of amides is 3. The largest absolute Gasteiger partial charge is 0.492 e. The summed E-state index contributed by atoms with van der Waals surface area (Å²) in [6.45, 7) is 2.73. The summed E-state index contributed by atoms with van der Waals surface area (Å²) in [6.07, 6.45) is 12.3. The van der Waals surface area contributed by atoms with E-state index in [1.54, 1.807) is 33.7 Å². The third-order valence-electron chi connectivity index (χ3n) is 8.65. The molecular weight excluding hydrogens is 632 g/mol. The molecular formula is C32H38N12O3S. The predicted octanol–water partition coefficient (Wildman–Crippen LogP) is 3.20. The number of imidazole rings is 1. The van der Waals surface area contributed by atoms with Crippen molar-refractivity contribution in [1.29, 1.82) is 0 Å². The van der Waals surface area contributed by atoms with Crippen molar-refractivity contribution in [2.45, 2.75) is 49.9 Å². The van der Waals surface area contributed by atoms with Gasteiger partial charge in [0.15, 0.2) is 11.6 Å². The Bertz CT molecular complexity index is 1950. The van der Waals surface area contributed by atoms with Crippen LogP contribution in [0.3, 0.4) is 0 Å². The summed E-state index contributed by atoms with van der Waals surface area (Å²) in [4.78, 5) is 37.8. The molecule has 48 heavy (non-hydrogen) atoms. The molecule has 0 aliphatic carbocycles. The summed E-state index contributed by atoms with van der Waals surface area (Å²) >= 11 is 1.90. The molecule has 3 amide bonds. The fraction of sp³-hybridized carbons (Fsp3) is 0.406. The Hall–Kier alpha value is -5.12. The van der Waals surface area contributed by atoms with Gasteiger partial charge in [0.25, 0.3) is 0 Å². The van der Waals surface area contributed by atoms with E-state index in [0.717, 1.165) is 47.4 Å². The molecule has 3 atom stereocenters. The minimum absolute atomic E-state index is 0.00686. The Morgan fingerprint density at radius 3 is 2.83 bits per heavy atom. The second kappa shape index (κ2) is 13.5. The van der Waals surface area contributed by atoms with Crippen LogP contribution in [0.4, 0.5) is 16.4 Å². The Labute approximate surface area is 281 Å². The van der Waals surface area contributed by atoms with Gasteiger partial charge in [-0.05, 0) is 37.5 Å². The summed E-state index contributed by atoms with van der Waals surface area (Å²) in [7, 11) is 3.79. The number of carbonyl (C=O) groups is 2.